The van der Waals surface area contributed by atoms with Gasteiger partial charge in [0.2, 0.25) is 5.91 Å². The molecule has 1 amide bonds. The predicted molar refractivity (Wildman–Crippen MR) is 116 cm³/mol. The molecular formula is C21H30N4O3S. The van der Waals surface area contributed by atoms with Gasteiger partial charge in [0, 0.05) is 45.2 Å². The minimum absolute atomic E-state index is 0.197. The Balaban J connectivity index is 1.22. The molecule has 2 aromatic heterocycles. The summed E-state index contributed by atoms with van der Waals surface area (Å²) >= 11 is 1.34. The summed E-state index contributed by atoms with van der Waals surface area (Å²) in [4.78, 5) is 44.4. The Labute approximate surface area is 174 Å². The van der Waals surface area contributed by atoms with E-state index < -0.39 is 0 Å². The fourth-order valence-electron chi connectivity index (χ4n) is 4.66. The van der Waals surface area contributed by atoms with Crippen LogP contribution in [0.1, 0.15) is 51.4 Å². The highest BCUT2D eigenvalue weighted by molar-refractivity contribution is 7.17. The number of hydrogen-bond donors (Lipinski definition) is 1. The van der Waals surface area contributed by atoms with Crippen molar-refractivity contribution in [1.82, 2.24) is 19.4 Å². The molecule has 2 aliphatic rings. The third kappa shape index (κ3) is 4.64. The summed E-state index contributed by atoms with van der Waals surface area (Å²) in [6.45, 7) is 3.97. The minimum atomic E-state index is -0.369. The normalized spacial score (nSPS) is 19.1. The molecule has 1 saturated carbocycles. The molecule has 3 heterocycles. The molecule has 2 aromatic rings. The first-order valence-electron chi connectivity index (χ1n) is 10.9. The van der Waals surface area contributed by atoms with Gasteiger partial charge in [0.15, 0.2) is 0 Å². The minimum Gasteiger partial charge on any atom is -0.340 e. The van der Waals surface area contributed by atoms with Crippen LogP contribution < -0.4 is 11.2 Å². The summed E-state index contributed by atoms with van der Waals surface area (Å²) in [6.07, 6.45) is 8.49. The standard InChI is InChI=1S/C21H30N4O3S/c26-18(24-13-11-23(12-14-24)16-6-2-1-3-7-16)8-4-5-10-25-20(27)19-17(9-15-29-19)22-21(25)28/h9,15-16H,1-8,10-14H2,(H,22,28). The van der Waals surface area contributed by atoms with Crippen LogP contribution >= 0.6 is 11.3 Å². The number of hydrogen-bond acceptors (Lipinski definition) is 5. The van der Waals surface area contributed by atoms with Gasteiger partial charge in [-0.05, 0) is 37.1 Å². The molecule has 4 rings (SSSR count). The van der Waals surface area contributed by atoms with Crippen LogP contribution in [0.3, 0.4) is 0 Å². The highest BCUT2D eigenvalue weighted by atomic mass is 32.1. The maximum atomic E-state index is 12.5. The van der Waals surface area contributed by atoms with Gasteiger partial charge in [-0.15, -0.1) is 11.3 Å². The number of H-pyrrole nitrogens is 1. The third-order valence-corrected chi connectivity index (χ3v) is 7.27. The van der Waals surface area contributed by atoms with Gasteiger partial charge in [-0.1, -0.05) is 19.3 Å². The first-order chi connectivity index (χ1) is 14.1. The van der Waals surface area contributed by atoms with Crippen molar-refractivity contribution in [1.29, 1.82) is 0 Å². The number of thiophene rings is 1. The predicted octanol–water partition coefficient (Wildman–Crippen LogP) is 2.40. The monoisotopic (exact) mass is 418 g/mol. The van der Waals surface area contributed by atoms with Crippen LogP contribution in [0.2, 0.25) is 0 Å². The van der Waals surface area contributed by atoms with Crippen LogP contribution in [0.5, 0.6) is 0 Å². The van der Waals surface area contributed by atoms with Crippen molar-refractivity contribution in [2.24, 2.45) is 0 Å². The first kappa shape index (κ1) is 20.3. The van der Waals surface area contributed by atoms with Crippen molar-refractivity contribution in [3.8, 4) is 0 Å². The number of unbranched alkanes of at least 4 members (excludes halogenated alkanes) is 1. The number of nitrogens with one attached hydrogen (secondary N) is 1. The second-order valence-electron chi connectivity index (χ2n) is 8.22. The largest absolute Gasteiger partial charge is 0.340 e. The quantitative estimate of drug-likeness (QED) is 0.731. The Morgan fingerprint density at radius 3 is 2.59 bits per heavy atom. The van der Waals surface area contributed by atoms with E-state index in [0.29, 0.717) is 36.0 Å². The number of fused-ring (bicyclic) bond motifs is 1. The lowest BCUT2D eigenvalue weighted by Gasteiger charge is -2.40. The van der Waals surface area contributed by atoms with E-state index in [1.54, 1.807) is 11.4 Å². The van der Waals surface area contributed by atoms with Gasteiger partial charge in [-0.3, -0.25) is 19.1 Å². The van der Waals surface area contributed by atoms with Crippen LogP contribution in [0.25, 0.3) is 10.2 Å². The highest BCUT2D eigenvalue weighted by Gasteiger charge is 2.26. The Hall–Kier alpha value is -1.93. The number of piperazine rings is 1. The molecule has 0 radical (unpaired) electrons. The molecule has 0 spiro atoms. The van der Waals surface area contributed by atoms with Crippen molar-refractivity contribution in [3.63, 3.8) is 0 Å². The summed E-state index contributed by atoms with van der Waals surface area (Å²) in [5.41, 5.74) is -0.00114. The third-order valence-electron chi connectivity index (χ3n) is 6.37. The van der Waals surface area contributed by atoms with E-state index in [1.165, 1.54) is 48.0 Å². The second-order valence-corrected chi connectivity index (χ2v) is 9.13. The number of carbonyl (C=O) groups is 1. The Morgan fingerprint density at radius 2 is 1.83 bits per heavy atom. The summed E-state index contributed by atoms with van der Waals surface area (Å²) < 4.78 is 1.84. The van der Waals surface area contributed by atoms with E-state index in [9.17, 15) is 14.4 Å². The maximum Gasteiger partial charge on any atom is 0.328 e. The number of aromatic nitrogens is 2. The smallest absolute Gasteiger partial charge is 0.328 e. The van der Waals surface area contributed by atoms with Crippen molar-refractivity contribution in [2.45, 2.75) is 64.0 Å². The van der Waals surface area contributed by atoms with E-state index in [2.05, 4.69) is 9.88 Å². The van der Waals surface area contributed by atoms with Crippen molar-refractivity contribution < 1.29 is 4.79 Å². The Kier molecular flexibility index (Phi) is 6.50. The van der Waals surface area contributed by atoms with Gasteiger partial charge < -0.3 is 9.88 Å². The molecule has 0 atom stereocenters. The Bertz CT molecular complexity index is 949. The lowest BCUT2D eigenvalue weighted by molar-refractivity contribution is -0.133. The van der Waals surface area contributed by atoms with Crippen molar-refractivity contribution >= 4 is 27.5 Å². The van der Waals surface area contributed by atoms with Crippen LogP contribution in [0.4, 0.5) is 0 Å². The van der Waals surface area contributed by atoms with Gasteiger partial charge in [-0.2, -0.15) is 0 Å². The van der Waals surface area contributed by atoms with Gasteiger partial charge in [0.05, 0.1) is 5.52 Å². The first-order valence-corrected chi connectivity index (χ1v) is 11.7. The van der Waals surface area contributed by atoms with Gasteiger partial charge in [0.25, 0.3) is 5.56 Å². The van der Waals surface area contributed by atoms with E-state index in [4.69, 9.17) is 0 Å². The maximum absolute atomic E-state index is 12.5. The zero-order valence-electron chi connectivity index (χ0n) is 16.9. The summed E-state index contributed by atoms with van der Waals surface area (Å²) in [5.74, 6) is 0.197. The number of aromatic amines is 1. The Morgan fingerprint density at radius 1 is 1.07 bits per heavy atom. The topological polar surface area (TPSA) is 78.4 Å². The van der Waals surface area contributed by atoms with E-state index in [0.717, 1.165) is 32.2 Å². The van der Waals surface area contributed by atoms with E-state index in [1.807, 2.05) is 4.90 Å². The molecule has 0 aromatic carbocycles. The second kappa shape index (κ2) is 9.26. The fraction of sp³-hybridized carbons (Fsp3) is 0.667. The number of nitrogens with zero attached hydrogens (tertiary/aromatic N) is 3. The molecular weight excluding hydrogens is 388 g/mol. The molecule has 0 unspecified atom stereocenters. The van der Waals surface area contributed by atoms with Gasteiger partial charge in [0.1, 0.15) is 4.70 Å². The van der Waals surface area contributed by atoms with E-state index >= 15 is 0 Å². The molecule has 158 valence electrons. The van der Waals surface area contributed by atoms with Gasteiger partial charge >= 0.3 is 5.69 Å². The lowest BCUT2D eigenvalue weighted by atomic mass is 9.94. The zero-order valence-corrected chi connectivity index (χ0v) is 17.7. The molecule has 0 bridgehead atoms. The molecule has 8 heteroatoms. The van der Waals surface area contributed by atoms with Crippen LogP contribution in [-0.4, -0.2) is 57.5 Å². The van der Waals surface area contributed by atoms with Crippen LogP contribution in [0.15, 0.2) is 21.0 Å². The van der Waals surface area contributed by atoms with Crippen LogP contribution in [0, 0.1) is 0 Å². The average molecular weight is 419 g/mol. The summed E-state index contributed by atoms with van der Waals surface area (Å²) in [6, 6.07) is 2.47. The molecule has 2 fully saturated rings. The highest BCUT2D eigenvalue weighted by Crippen LogP contribution is 2.23. The number of amides is 1. The summed E-state index contributed by atoms with van der Waals surface area (Å²) in [5, 5.41) is 1.80. The molecule has 1 N–H and O–H groups in total. The average Bonchev–Trinajstić information content (AvgIpc) is 3.22. The molecule has 1 saturated heterocycles. The van der Waals surface area contributed by atoms with Gasteiger partial charge in [-0.25, -0.2) is 4.79 Å². The molecule has 29 heavy (non-hydrogen) atoms. The van der Waals surface area contributed by atoms with Crippen LogP contribution in [-0.2, 0) is 11.3 Å². The fourth-order valence-corrected chi connectivity index (χ4v) is 5.46. The molecule has 1 aliphatic heterocycles. The zero-order chi connectivity index (χ0) is 20.2. The van der Waals surface area contributed by atoms with Crippen molar-refractivity contribution in [3.05, 3.63) is 32.3 Å². The van der Waals surface area contributed by atoms with Crippen molar-refractivity contribution in [2.75, 3.05) is 26.2 Å². The summed E-state index contributed by atoms with van der Waals surface area (Å²) in [7, 11) is 0. The van der Waals surface area contributed by atoms with E-state index in [-0.39, 0.29) is 17.2 Å². The lowest BCUT2D eigenvalue weighted by Crippen LogP contribution is -2.52. The molecule has 7 nitrogen and oxygen atoms in total. The molecule has 1 aliphatic carbocycles. The number of rotatable bonds is 6. The SMILES string of the molecule is O=C(CCCCn1c(=O)[nH]c2ccsc2c1=O)N1CCN(C2CCCCC2)CC1. The number of carbonyl (C=O) groups excluding carboxylic acids is 1.